The molecule has 0 unspecified atom stereocenters. The lowest BCUT2D eigenvalue weighted by Gasteiger charge is -2.40. The van der Waals surface area contributed by atoms with Gasteiger partial charge in [0.05, 0.1) is 52.7 Å². The summed E-state index contributed by atoms with van der Waals surface area (Å²) >= 11 is 6.91. The van der Waals surface area contributed by atoms with Crippen LogP contribution in [0, 0.1) is 11.3 Å². The van der Waals surface area contributed by atoms with Gasteiger partial charge in [0.25, 0.3) is 0 Å². The number of fused-ring (bicyclic) bond motifs is 2. The van der Waals surface area contributed by atoms with Crippen LogP contribution in [0.1, 0.15) is 80.5 Å². The van der Waals surface area contributed by atoms with E-state index >= 15 is 0 Å². The zero-order valence-corrected chi connectivity index (χ0v) is 27.7. The molecule has 5 aromatic rings. The predicted octanol–water partition coefficient (Wildman–Crippen LogP) is 7.92. The van der Waals surface area contributed by atoms with Crippen LogP contribution in [-0.4, -0.2) is 50.1 Å². The van der Waals surface area contributed by atoms with Gasteiger partial charge in [-0.3, -0.25) is 9.88 Å². The first kappa shape index (κ1) is 31.0. The van der Waals surface area contributed by atoms with Crippen LogP contribution >= 0.6 is 11.6 Å². The van der Waals surface area contributed by atoms with E-state index in [2.05, 4.69) is 82.1 Å². The van der Waals surface area contributed by atoms with E-state index in [0.29, 0.717) is 34.4 Å². The number of rotatable bonds is 7. The van der Waals surface area contributed by atoms with E-state index < -0.39 is 0 Å². The number of aromatic nitrogens is 4. The van der Waals surface area contributed by atoms with Gasteiger partial charge in [0.1, 0.15) is 17.5 Å². The summed E-state index contributed by atoms with van der Waals surface area (Å²) in [5.74, 6) is 0.854. The Hall–Kier alpha value is -4.65. The van der Waals surface area contributed by atoms with Gasteiger partial charge < -0.3 is 15.4 Å². The van der Waals surface area contributed by atoms with Crippen LogP contribution in [0.25, 0.3) is 10.9 Å². The molecular weight excluding hydrogens is 608 g/mol. The Morgan fingerprint density at radius 3 is 2.55 bits per heavy atom. The molecule has 0 aliphatic carbocycles. The maximum Gasteiger partial charge on any atom is 0.124 e. The van der Waals surface area contributed by atoms with E-state index in [1.165, 1.54) is 0 Å². The topological polar surface area (TPSA) is 104 Å². The van der Waals surface area contributed by atoms with Crippen molar-refractivity contribution in [3.63, 3.8) is 0 Å². The fourth-order valence-corrected chi connectivity index (χ4v) is 7.06. The molecule has 1 fully saturated rings. The summed E-state index contributed by atoms with van der Waals surface area (Å²) in [4.78, 5) is 7.12. The fraction of sp³-hybridized carbons (Fsp3) is 0.351. The number of ether oxygens (including phenoxy) is 1. The molecular formula is C37H39ClN8O. The molecule has 2 atom stereocenters. The van der Waals surface area contributed by atoms with Crippen molar-refractivity contribution in [2.75, 3.05) is 30.3 Å². The highest BCUT2D eigenvalue weighted by atomic mass is 35.5. The van der Waals surface area contributed by atoms with E-state index in [1.807, 2.05) is 53.2 Å². The number of nitrogens with one attached hydrogen (secondary N) is 2. The Labute approximate surface area is 280 Å². The molecule has 3 aromatic carbocycles. The average Bonchev–Trinajstić information content (AvgIpc) is 3.58. The van der Waals surface area contributed by atoms with Gasteiger partial charge in [-0.05, 0) is 57.4 Å². The van der Waals surface area contributed by atoms with Gasteiger partial charge in [-0.25, -0.2) is 4.68 Å². The first-order valence-corrected chi connectivity index (χ1v) is 16.6. The molecule has 4 heterocycles. The molecule has 47 heavy (non-hydrogen) atoms. The van der Waals surface area contributed by atoms with Crippen LogP contribution < -0.4 is 15.4 Å². The summed E-state index contributed by atoms with van der Waals surface area (Å²) in [5, 5.41) is 28.1. The van der Waals surface area contributed by atoms with Gasteiger partial charge in [-0.15, -0.1) is 5.10 Å². The number of hydrogen-bond donors (Lipinski definition) is 2. The molecule has 10 heteroatoms. The number of pyridine rings is 1. The van der Waals surface area contributed by atoms with Crippen molar-refractivity contribution in [1.82, 2.24) is 24.9 Å². The van der Waals surface area contributed by atoms with Crippen molar-refractivity contribution in [3.05, 3.63) is 107 Å². The SMILES string of the molecule is CC(C)(C)N1CCC(n2cc([C@@H](Nc3cc(Cl)c4ncc(C#N)c(N[C@H]5CCOc6ccccc65)c4c3)c3ccccc3)nn2)CC1. The van der Waals surface area contributed by atoms with E-state index in [9.17, 15) is 5.26 Å². The molecule has 2 aliphatic heterocycles. The number of anilines is 2. The lowest BCUT2D eigenvalue weighted by Crippen LogP contribution is -2.46. The Kier molecular flexibility index (Phi) is 8.48. The molecule has 2 N–H and O–H groups in total. The number of piperidine rings is 1. The van der Waals surface area contributed by atoms with Crippen LogP contribution in [0.2, 0.25) is 5.02 Å². The van der Waals surface area contributed by atoms with E-state index in [4.69, 9.17) is 16.3 Å². The quantitative estimate of drug-likeness (QED) is 0.184. The lowest BCUT2D eigenvalue weighted by atomic mass is 9.98. The minimum Gasteiger partial charge on any atom is -0.493 e. The minimum absolute atomic E-state index is 0.0320. The van der Waals surface area contributed by atoms with Crippen molar-refractivity contribution in [2.24, 2.45) is 0 Å². The second-order valence-electron chi connectivity index (χ2n) is 13.4. The number of para-hydroxylation sites is 1. The second kappa shape index (κ2) is 12.9. The Morgan fingerprint density at radius 2 is 1.79 bits per heavy atom. The van der Waals surface area contributed by atoms with Gasteiger partial charge >= 0.3 is 0 Å². The van der Waals surface area contributed by atoms with Gasteiger partial charge in [0, 0.05) is 47.9 Å². The first-order valence-electron chi connectivity index (χ1n) is 16.3. The zero-order valence-electron chi connectivity index (χ0n) is 26.9. The van der Waals surface area contributed by atoms with Gasteiger partial charge in [-0.1, -0.05) is 65.3 Å². The molecule has 240 valence electrons. The van der Waals surface area contributed by atoms with E-state index in [-0.39, 0.29) is 17.6 Å². The maximum atomic E-state index is 10.1. The highest BCUT2D eigenvalue weighted by Gasteiger charge is 2.29. The largest absolute Gasteiger partial charge is 0.493 e. The molecule has 2 aliphatic rings. The van der Waals surface area contributed by atoms with Crippen LogP contribution in [0.5, 0.6) is 5.75 Å². The normalized spacial score (nSPS) is 17.8. The molecule has 7 rings (SSSR count). The van der Waals surface area contributed by atoms with Crippen molar-refractivity contribution < 1.29 is 4.74 Å². The lowest BCUT2D eigenvalue weighted by molar-refractivity contribution is 0.0866. The Morgan fingerprint density at radius 1 is 1.02 bits per heavy atom. The van der Waals surface area contributed by atoms with Crippen LogP contribution in [-0.2, 0) is 0 Å². The van der Waals surface area contributed by atoms with Gasteiger partial charge in [0.2, 0.25) is 0 Å². The summed E-state index contributed by atoms with van der Waals surface area (Å²) in [5.41, 5.74) is 5.68. The molecule has 2 aromatic heterocycles. The van der Waals surface area contributed by atoms with Crippen molar-refractivity contribution >= 4 is 33.9 Å². The average molecular weight is 647 g/mol. The van der Waals surface area contributed by atoms with Crippen molar-refractivity contribution in [2.45, 2.75) is 63.7 Å². The molecule has 0 radical (unpaired) electrons. The van der Waals surface area contributed by atoms with E-state index in [0.717, 1.165) is 66.0 Å². The molecule has 0 amide bonds. The van der Waals surface area contributed by atoms with Gasteiger partial charge in [0.15, 0.2) is 0 Å². The number of nitrogens with zero attached hydrogens (tertiary/aromatic N) is 6. The number of likely N-dealkylation sites (tertiary alicyclic amines) is 1. The fourth-order valence-electron chi connectivity index (χ4n) is 6.79. The van der Waals surface area contributed by atoms with Crippen LogP contribution in [0.15, 0.2) is 79.1 Å². The maximum absolute atomic E-state index is 10.1. The first-order chi connectivity index (χ1) is 22.8. The third kappa shape index (κ3) is 6.36. The third-order valence-corrected chi connectivity index (χ3v) is 9.67. The zero-order chi connectivity index (χ0) is 32.5. The summed E-state index contributed by atoms with van der Waals surface area (Å²) in [6.45, 7) is 9.48. The highest BCUT2D eigenvalue weighted by Crippen LogP contribution is 2.40. The molecule has 1 saturated heterocycles. The van der Waals surface area contributed by atoms with Crippen molar-refractivity contribution in [1.29, 1.82) is 5.26 Å². The molecule has 0 saturated carbocycles. The minimum atomic E-state index is -0.279. The Bertz CT molecular complexity index is 1920. The molecule has 9 nitrogen and oxygen atoms in total. The van der Waals surface area contributed by atoms with Crippen molar-refractivity contribution in [3.8, 4) is 11.8 Å². The molecule has 0 spiro atoms. The van der Waals surface area contributed by atoms with Gasteiger partial charge in [-0.2, -0.15) is 5.26 Å². The number of nitriles is 1. The van der Waals surface area contributed by atoms with Crippen LogP contribution in [0.3, 0.4) is 0 Å². The smallest absolute Gasteiger partial charge is 0.124 e. The summed E-state index contributed by atoms with van der Waals surface area (Å²) in [7, 11) is 0. The van der Waals surface area contributed by atoms with Crippen LogP contribution in [0.4, 0.5) is 11.4 Å². The summed E-state index contributed by atoms with van der Waals surface area (Å²) < 4.78 is 7.94. The predicted molar refractivity (Wildman–Crippen MR) is 186 cm³/mol. The number of halogens is 1. The highest BCUT2D eigenvalue weighted by molar-refractivity contribution is 6.35. The monoisotopic (exact) mass is 646 g/mol. The standard InChI is InChI=1S/C37H39ClN8O/c1-37(2,3)45-16-13-27(14-17-45)46-23-32(43-44-46)35(24-9-5-4-6-10-24)41-26-19-29-34(25(21-39)22-40-36(29)30(38)20-26)42-31-15-18-47-33-12-8-7-11-28(31)33/h4-12,19-20,22-23,27,31,35,41H,13-18H2,1-3H3,(H,40,42)/t31-,35-/m0/s1. The molecule has 0 bridgehead atoms. The summed E-state index contributed by atoms with van der Waals surface area (Å²) in [6, 6.07) is 24.5. The number of benzene rings is 3. The number of hydrogen-bond acceptors (Lipinski definition) is 8. The summed E-state index contributed by atoms with van der Waals surface area (Å²) in [6.07, 6.45) is 6.50. The second-order valence-corrected chi connectivity index (χ2v) is 13.8. The Balaban J connectivity index is 1.22. The van der Waals surface area contributed by atoms with E-state index in [1.54, 1.807) is 6.20 Å². The third-order valence-electron chi connectivity index (χ3n) is 9.38.